The van der Waals surface area contributed by atoms with E-state index in [0.29, 0.717) is 89.8 Å². The van der Waals surface area contributed by atoms with E-state index < -0.39 is 0 Å². The number of rotatable bonds is 0. The summed E-state index contributed by atoms with van der Waals surface area (Å²) in [4.78, 5) is 12.2. The van der Waals surface area contributed by atoms with Gasteiger partial charge in [-0.3, -0.25) is 0 Å². The van der Waals surface area contributed by atoms with Gasteiger partial charge in [0, 0.05) is 153 Å². The molecule has 9 unspecified atom stereocenters. The molecular weight excluding hydrogens is 2510 g/mol. The summed E-state index contributed by atoms with van der Waals surface area (Å²) < 4.78 is 0. The molecule has 11 fully saturated rings. The Hall–Kier alpha value is 3.69. The topological polar surface area (TPSA) is 101 Å². The SMILES string of the molecule is C.C.C.C.C.C.CC(C)(C)C1CCCCC[N-]1.CC(C)(C)C1CCCC[N-]1.CC(C)(C)C1CCCC[N-]C1.CC(C)(C)C1CCC[N-]1.CC(C)(C)C1CC[N-]1.CC(C)(C)C1C[N-]1.CN1CC(C(C)(C)C)C1.CN1CCC(C(C)(C)C)C1.CN1CCC(C(C)(C)C)CC1.CN1CCCC(C(C)(C)C)C1.CN1CCCC(C(C)(C)C)CC1.[W].[W].[W].[W].[W].[W]. The molecule has 0 aromatic rings. The van der Waals surface area contributed by atoms with E-state index in [0.717, 1.165) is 81.3 Å². The summed E-state index contributed by atoms with van der Waals surface area (Å²) in [6, 6.07) is 3.21. The zero-order valence-electron chi connectivity index (χ0n) is 84.1. The molecule has 17 heteroatoms. The van der Waals surface area contributed by atoms with Crippen LogP contribution in [0.5, 0.6) is 0 Å². The smallest absolute Gasteiger partial charge is 0.00240 e. The monoisotopic (exact) mass is 2730 g/mol. The van der Waals surface area contributed by atoms with Crippen molar-refractivity contribution < 1.29 is 126 Å². The van der Waals surface area contributed by atoms with E-state index in [2.05, 4.69) is 315 Å². The fraction of sp³-hybridized carbons (Fsp3) is 1.00. The molecule has 9 atom stereocenters. The first-order chi connectivity index (χ1) is 49.6. The van der Waals surface area contributed by atoms with E-state index in [4.69, 9.17) is 5.32 Å². The molecule has 11 aliphatic rings. The van der Waals surface area contributed by atoms with Gasteiger partial charge in [-0.25, -0.2) is 0 Å². The van der Waals surface area contributed by atoms with Crippen LogP contribution in [-0.2, 0) is 126 Å². The standard InChI is InChI=1S/C11H23N.2C10H21N.2C10H20N.C9H19N.C9H18N.C8H17N.C8H16N.C7H14N.C6H12N.6CH4.6W/c1-11(2,3)10-6-5-8-12(4)9-7-10;1-10(2,3)9-5-7-11(4)8-6-9;1-10(2,3)9-6-5-7-11(4)8-9;1-10(2,3)9-6-4-5-7-11-8-9;1-10(2,3)9-7-5-4-6-8-11-9;1-9(2,3)8-5-6-10(4)7-8;1-9(2,3)8-6-4-5-7-10-8;1-8(2,3)7-5-9(4)6-7;1-8(2,3)7-5-4-6-9-7;1-7(2,3)6-4-5-8-6;1-6(2,3)5-4-7-5;;;;;;;;;;;;/h10H,5-9H2,1-4H3;2*9H,5-8H2,1-4H3;2*9H,4-8H2,1-3H3;8H,5-7H2,1-4H3;8H,4-7H2,1-3H3;7H,5-6H2,1-4H3;7H,4-6H2,1-3H3;6H,4-5H2,1-3H3;5H,4H2,1-3H3;6*1H4;;;;;;/q;;;2*-1;;-1;;3*-1;;;;;;;;;;;;. The maximum atomic E-state index is 4.69. The predicted octanol–water partition coefficient (Wildman–Crippen LogP) is 30.9. The normalized spacial score (nSPS) is 25.2. The van der Waals surface area contributed by atoms with E-state index in [1.807, 2.05) is 0 Å². The quantitative estimate of drug-likeness (QED) is 0.225. The van der Waals surface area contributed by atoms with Gasteiger partial charge in [0.1, 0.15) is 0 Å². The zero-order chi connectivity index (χ0) is 83.9. The predicted molar refractivity (Wildman–Crippen MR) is 533 cm³/mol. The summed E-state index contributed by atoms with van der Waals surface area (Å²) in [7, 11) is 11.1. The third kappa shape index (κ3) is 71.8. The van der Waals surface area contributed by atoms with E-state index in [1.165, 1.54) is 200 Å². The number of likely N-dealkylation sites (tertiary alicyclic amines) is 5. The minimum Gasteiger partial charge on any atom is -0.662 e. The van der Waals surface area contributed by atoms with Crippen molar-refractivity contribution in [2.24, 2.45) is 95.1 Å². The Morgan fingerprint density at radius 3 is 0.694 bits per heavy atom. The van der Waals surface area contributed by atoms with Crippen LogP contribution in [0.2, 0.25) is 0 Å². The fourth-order valence-electron chi connectivity index (χ4n) is 16.5. The molecule has 0 spiro atoms. The Bertz CT molecular complexity index is 2180. The molecule has 11 saturated heterocycles. The molecule has 11 rings (SSSR count). The van der Waals surface area contributed by atoms with Crippen LogP contribution in [0.4, 0.5) is 0 Å². The van der Waals surface area contributed by atoms with Crippen LogP contribution < -0.4 is 0 Å². The second-order valence-corrected chi connectivity index (χ2v) is 48.5. The van der Waals surface area contributed by atoms with Crippen LogP contribution in [0.15, 0.2) is 0 Å². The van der Waals surface area contributed by atoms with Crippen molar-refractivity contribution in [1.29, 1.82) is 0 Å². The Kier molecular flexibility index (Phi) is 88.4. The fourth-order valence-corrected chi connectivity index (χ4v) is 16.5. The van der Waals surface area contributed by atoms with Gasteiger partial charge in [0.25, 0.3) is 0 Å². The van der Waals surface area contributed by atoms with Gasteiger partial charge in [0.2, 0.25) is 0 Å². The zero-order valence-corrected chi connectivity index (χ0v) is 102. The van der Waals surface area contributed by atoms with Crippen LogP contribution in [0.25, 0.3) is 31.9 Å². The second-order valence-electron chi connectivity index (χ2n) is 48.5. The van der Waals surface area contributed by atoms with E-state index in [1.54, 1.807) is 0 Å². The molecule has 121 heavy (non-hydrogen) atoms. The minimum absolute atomic E-state index is 0. The largest absolute Gasteiger partial charge is 0.662 e. The second kappa shape index (κ2) is 71.2. The van der Waals surface area contributed by atoms with E-state index in [-0.39, 0.29) is 171 Å². The molecule has 11 aliphatic heterocycles. The van der Waals surface area contributed by atoms with Gasteiger partial charge in [0.15, 0.2) is 0 Å². The first-order valence-corrected chi connectivity index (χ1v) is 46.0. The first kappa shape index (κ1) is 150. The molecule has 11 nitrogen and oxygen atoms in total. The van der Waals surface area contributed by atoms with Gasteiger partial charge in [-0.15, -0.1) is 56.9 Å². The number of piperidine rings is 3. The summed E-state index contributed by atoms with van der Waals surface area (Å²) in [5.41, 5.74) is 5.16. The van der Waals surface area contributed by atoms with Crippen molar-refractivity contribution in [2.75, 3.05) is 146 Å². The third-order valence-electron chi connectivity index (χ3n) is 26.4. The van der Waals surface area contributed by atoms with Gasteiger partial charge in [0.05, 0.1) is 0 Å². The molecule has 0 aromatic heterocycles. The van der Waals surface area contributed by atoms with Crippen molar-refractivity contribution in [2.45, 2.75) is 438 Å². The minimum atomic E-state index is 0. The van der Waals surface area contributed by atoms with Crippen LogP contribution in [-0.4, -0.2) is 201 Å². The Balaban J connectivity index is -0.000000107. The van der Waals surface area contributed by atoms with Crippen molar-refractivity contribution in [3.8, 4) is 0 Å². The van der Waals surface area contributed by atoms with Gasteiger partial charge < -0.3 is 56.4 Å². The maximum Gasteiger partial charge on any atom is 0.00240 e. The van der Waals surface area contributed by atoms with Crippen molar-refractivity contribution >= 4 is 0 Å². The molecular formula is C104H225N11W6-6. The summed E-state index contributed by atoms with van der Waals surface area (Å²) >= 11 is 0. The summed E-state index contributed by atoms with van der Waals surface area (Å²) in [6.45, 7) is 97.0. The number of nitrogens with zero attached hydrogens (tertiary/aromatic N) is 11. The van der Waals surface area contributed by atoms with E-state index >= 15 is 0 Å². The summed E-state index contributed by atoms with van der Waals surface area (Å²) in [5, 5.41) is 26.8. The van der Waals surface area contributed by atoms with Crippen LogP contribution in [0.3, 0.4) is 0 Å². The van der Waals surface area contributed by atoms with Gasteiger partial charge in [-0.1, -0.05) is 390 Å². The van der Waals surface area contributed by atoms with Crippen LogP contribution >= 0.6 is 0 Å². The third-order valence-corrected chi connectivity index (χ3v) is 26.4. The molecule has 0 aromatic carbocycles. The van der Waals surface area contributed by atoms with Crippen molar-refractivity contribution in [3.05, 3.63) is 31.9 Å². The summed E-state index contributed by atoms with van der Waals surface area (Å²) in [6.07, 6.45) is 28.6. The van der Waals surface area contributed by atoms with Crippen LogP contribution in [0, 0.1) is 95.1 Å². The molecule has 0 bridgehead atoms. The first-order valence-electron chi connectivity index (χ1n) is 46.0. The molecule has 0 radical (unpaired) electrons. The Morgan fingerprint density at radius 1 is 0.182 bits per heavy atom. The van der Waals surface area contributed by atoms with Gasteiger partial charge in [-0.2, -0.15) is 19.1 Å². The average Bonchev–Trinajstić information content (AvgIpc) is 1.80. The van der Waals surface area contributed by atoms with Crippen molar-refractivity contribution in [1.82, 2.24) is 24.5 Å². The average molecular weight is 2730 g/mol. The summed E-state index contributed by atoms with van der Waals surface area (Å²) in [5.74, 6) is 5.45. The molecule has 11 heterocycles. The molecule has 0 aliphatic carbocycles. The molecule has 0 amide bonds. The molecule has 0 saturated carbocycles. The van der Waals surface area contributed by atoms with E-state index in [9.17, 15) is 0 Å². The van der Waals surface area contributed by atoms with Gasteiger partial charge in [-0.05, 0) is 188 Å². The Morgan fingerprint density at radius 2 is 0.421 bits per heavy atom. The van der Waals surface area contributed by atoms with Crippen LogP contribution in [0.1, 0.15) is 408 Å². The van der Waals surface area contributed by atoms with Crippen molar-refractivity contribution in [3.63, 3.8) is 0 Å². The van der Waals surface area contributed by atoms with Gasteiger partial charge >= 0.3 is 0 Å². The maximum absolute atomic E-state index is 4.69. The Labute approximate surface area is 854 Å². The number of hydrogen-bond donors (Lipinski definition) is 0. The molecule has 738 valence electrons. The molecule has 0 N–H and O–H groups in total. The number of hydrogen-bond acceptors (Lipinski definition) is 5.